The molecular weight excluding hydrogens is 144 g/mol. The molecule has 0 aromatic carbocycles. The SMILES string of the molecule is N#CCCN1CC(=O)CC1=O. The largest absolute Gasteiger partial charge is 0.334 e. The summed E-state index contributed by atoms with van der Waals surface area (Å²) in [6.45, 7) is 0.585. The summed E-state index contributed by atoms with van der Waals surface area (Å²) >= 11 is 0. The van der Waals surface area contributed by atoms with Crippen LogP contribution in [0.5, 0.6) is 0 Å². The van der Waals surface area contributed by atoms with Crippen molar-refractivity contribution in [2.45, 2.75) is 12.8 Å². The molecule has 0 aromatic rings. The first-order valence-electron chi connectivity index (χ1n) is 3.40. The predicted molar refractivity (Wildman–Crippen MR) is 36.4 cm³/mol. The van der Waals surface area contributed by atoms with Crippen LogP contribution in [-0.2, 0) is 9.59 Å². The standard InChI is InChI=1S/C7H8N2O2/c8-2-1-3-9-5-6(10)4-7(9)11/h1,3-5H2. The van der Waals surface area contributed by atoms with Gasteiger partial charge in [-0.1, -0.05) is 0 Å². The van der Waals surface area contributed by atoms with Gasteiger partial charge >= 0.3 is 0 Å². The van der Waals surface area contributed by atoms with Crippen molar-refractivity contribution in [1.82, 2.24) is 4.90 Å². The van der Waals surface area contributed by atoms with Crippen LogP contribution in [0.3, 0.4) is 0 Å². The molecule has 0 aliphatic carbocycles. The van der Waals surface area contributed by atoms with E-state index in [2.05, 4.69) is 0 Å². The normalized spacial score (nSPS) is 17.2. The quantitative estimate of drug-likeness (QED) is 0.510. The van der Waals surface area contributed by atoms with Crippen LogP contribution in [0.15, 0.2) is 0 Å². The summed E-state index contributed by atoms with van der Waals surface area (Å²) in [7, 11) is 0. The number of carbonyl (C=O) groups is 2. The fourth-order valence-corrected chi connectivity index (χ4v) is 1.03. The summed E-state index contributed by atoms with van der Waals surface area (Å²) in [6, 6.07) is 1.92. The van der Waals surface area contributed by atoms with Gasteiger partial charge in [-0.05, 0) is 0 Å². The van der Waals surface area contributed by atoms with Gasteiger partial charge in [0.25, 0.3) is 0 Å². The summed E-state index contributed by atoms with van der Waals surface area (Å²) in [5.41, 5.74) is 0. The number of nitriles is 1. The zero-order chi connectivity index (χ0) is 8.27. The first kappa shape index (κ1) is 7.73. The Morgan fingerprint density at radius 1 is 1.55 bits per heavy atom. The van der Waals surface area contributed by atoms with Crippen LogP contribution in [0.4, 0.5) is 0 Å². The first-order valence-corrected chi connectivity index (χ1v) is 3.40. The lowest BCUT2D eigenvalue weighted by molar-refractivity contribution is -0.127. The molecule has 0 saturated carbocycles. The molecule has 0 unspecified atom stereocenters. The van der Waals surface area contributed by atoms with Gasteiger partial charge in [-0.3, -0.25) is 9.59 Å². The second kappa shape index (κ2) is 3.15. The Morgan fingerprint density at radius 3 is 2.73 bits per heavy atom. The predicted octanol–water partition coefficient (Wildman–Crippen LogP) is -0.299. The van der Waals surface area contributed by atoms with Crippen molar-refractivity contribution in [2.24, 2.45) is 0 Å². The fraction of sp³-hybridized carbons (Fsp3) is 0.571. The van der Waals surface area contributed by atoms with E-state index >= 15 is 0 Å². The van der Waals surface area contributed by atoms with E-state index in [-0.39, 0.29) is 24.7 Å². The van der Waals surface area contributed by atoms with Crippen molar-refractivity contribution in [3.63, 3.8) is 0 Å². The van der Waals surface area contributed by atoms with E-state index in [1.165, 1.54) is 4.90 Å². The van der Waals surface area contributed by atoms with Gasteiger partial charge < -0.3 is 4.90 Å². The fourth-order valence-electron chi connectivity index (χ4n) is 1.03. The number of hydrogen-bond acceptors (Lipinski definition) is 3. The van der Waals surface area contributed by atoms with Crippen LogP contribution in [0.25, 0.3) is 0 Å². The zero-order valence-corrected chi connectivity index (χ0v) is 6.04. The van der Waals surface area contributed by atoms with Crippen LogP contribution < -0.4 is 0 Å². The second-order valence-electron chi connectivity index (χ2n) is 2.44. The summed E-state index contributed by atoms with van der Waals surface area (Å²) in [4.78, 5) is 23.0. The molecule has 1 aliphatic rings. The molecule has 1 fully saturated rings. The lowest BCUT2D eigenvalue weighted by atomic mass is 10.3. The Morgan fingerprint density at radius 2 is 2.27 bits per heavy atom. The Bertz CT molecular complexity index is 229. The number of amides is 1. The monoisotopic (exact) mass is 152 g/mol. The lowest BCUT2D eigenvalue weighted by Gasteiger charge is -2.10. The number of likely N-dealkylation sites (tertiary alicyclic amines) is 1. The Kier molecular flexibility index (Phi) is 2.21. The molecule has 4 nitrogen and oxygen atoms in total. The molecule has 58 valence electrons. The van der Waals surface area contributed by atoms with Crippen molar-refractivity contribution in [3.8, 4) is 6.07 Å². The molecule has 0 N–H and O–H groups in total. The Balaban J connectivity index is 2.42. The number of ketones is 1. The summed E-state index contributed by atoms with van der Waals surface area (Å²) < 4.78 is 0. The van der Waals surface area contributed by atoms with E-state index in [1.54, 1.807) is 0 Å². The molecule has 4 heteroatoms. The van der Waals surface area contributed by atoms with E-state index in [0.717, 1.165) is 0 Å². The third-order valence-corrected chi connectivity index (χ3v) is 1.56. The molecule has 1 rings (SSSR count). The topological polar surface area (TPSA) is 61.2 Å². The van der Waals surface area contributed by atoms with E-state index in [4.69, 9.17) is 5.26 Å². The number of rotatable bonds is 2. The van der Waals surface area contributed by atoms with Gasteiger partial charge in [0.15, 0.2) is 5.78 Å². The zero-order valence-electron chi connectivity index (χ0n) is 6.04. The highest BCUT2D eigenvalue weighted by atomic mass is 16.2. The minimum Gasteiger partial charge on any atom is -0.334 e. The molecule has 1 heterocycles. The van der Waals surface area contributed by atoms with E-state index in [9.17, 15) is 9.59 Å². The first-order chi connectivity index (χ1) is 5.24. The van der Waals surface area contributed by atoms with Crippen molar-refractivity contribution < 1.29 is 9.59 Å². The van der Waals surface area contributed by atoms with E-state index in [1.807, 2.05) is 6.07 Å². The molecule has 0 aromatic heterocycles. The molecule has 0 atom stereocenters. The third-order valence-electron chi connectivity index (χ3n) is 1.56. The molecule has 1 saturated heterocycles. The van der Waals surface area contributed by atoms with Crippen molar-refractivity contribution in [2.75, 3.05) is 13.1 Å². The lowest BCUT2D eigenvalue weighted by Crippen LogP contribution is -2.25. The number of Topliss-reactive ketones (excluding diaryl/α,β-unsaturated/α-hetero) is 1. The van der Waals surface area contributed by atoms with E-state index < -0.39 is 0 Å². The highest BCUT2D eigenvalue weighted by Crippen LogP contribution is 2.05. The minimum atomic E-state index is -0.148. The maximum absolute atomic E-state index is 10.9. The number of carbonyl (C=O) groups excluding carboxylic acids is 2. The van der Waals surface area contributed by atoms with Gasteiger partial charge in [-0.15, -0.1) is 0 Å². The third kappa shape index (κ3) is 1.77. The van der Waals surface area contributed by atoms with Crippen LogP contribution in [-0.4, -0.2) is 29.7 Å². The van der Waals surface area contributed by atoms with Crippen molar-refractivity contribution in [3.05, 3.63) is 0 Å². The Labute approximate surface area is 64.4 Å². The highest BCUT2D eigenvalue weighted by molar-refractivity contribution is 6.05. The molecular formula is C7H8N2O2. The molecule has 1 amide bonds. The van der Waals surface area contributed by atoms with Crippen molar-refractivity contribution in [1.29, 1.82) is 5.26 Å². The Hall–Kier alpha value is -1.37. The van der Waals surface area contributed by atoms with Gasteiger partial charge in [0.2, 0.25) is 5.91 Å². The maximum atomic E-state index is 10.9. The van der Waals surface area contributed by atoms with Crippen LogP contribution in [0, 0.1) is 11.3 Å². The molecule has 0 radical (unpaired) electrons. The summed E-state index contributed by atoms with van der Waals surface area (Å²) in [5.74, 6) is -0.196. The van der Waals surface area contributed by atoms with Gasteiger partial charge in [-0.25, -0.2) is 0 Å². The van der Waals surface area contributed by atoms with Crippen LogP contribution in [0.2, 0.25) is 0 Å². The minimum absolute atomic E-state index is 0.0193. The van der Waals surface area contributed by atoms with Crippen LogP contribution >= 0.6 is 0 Å². The second-order valence-corrected chi connectivity index (χ2v) is 2.44. The van der Waals surface area contributed by atoms with Crippen molar-refractivity contribution >= 4 is 11.7 Å². The summed E-state index contributed by atoms with van der Waals surface area (Å²) in [5, 5.41) is 8.21. The average molecular weight is 152 g/mol. The summed E-state index contributed by atoms with van der Waals surface area (Å²) in [6.07, 6.45) is 0.324. The van der Waals surface area contributed by atoms with Gasteiger partial charge in [0, 0.05) is 6.54 Å². The molecule has 1 aliphatic heterocycles. The van der Waals surface area contributed by atoms with Crippen LogP contribution in [0.1, 0.15) is 12.8 Å². The maximum Gasteiger partial charge on any atom is 0.230 e. The smallest absolute Gasteiger partial charge is 0.230 e. The molecule has 0 spiro atoms. The van der Waals surface area contributed by atoms with Gasteiger partial charge in [0.05, 0.1) is 25.5 Å². The number of hydrogen-bond donors (Lipinski definition) is 0. The number of nitrogens with zero attached hydrogens (tertiary/aromatic N) is 2. The van der Waals surface area contributed by atoms with E-state index in [0.29, 0.717) is 13.0 Å². The highest BCUT2D eigenvalue weighted by Gasteiger charge is 2.26. The van der Waals surface area contributed by atoms with Gasteiger partial charge in [-0.2, -0.15) is 5.26 Å². The average Bonchev–Trinajstić information content (AvgIpc) is 2.26. The molecule has 0 bridgehead atoms. The molecule has 11 heavy (non-hydrogen) atoms. The van der Waals surface area contributed by atoms with Gasteiger partial charge in [0.1, 0.15) is 0 Å².